The lowest BCUT2D eigenvalue weighted by Gasteiger charge is -2.34. The Hall–Kier alpha value is -2.60. The van der Waals surface area contributed by atoms with Crippen molar-refractivity contribution in [1.29, 1.82) is 0 Å². The Bertz CT molecular complexity index is 849. The quantitative estimate of drug-likeness (QED) is 0.739. The molecule has 0 unspecified atom stereocenters. The van der Waals surface area contributed by atoms with Gasteiger partial charge in [-0.25, -0.2) is 4.39 Å². The molecule has 1 aliphatic heterocycles. The second kappa shape index (κ2) is 6.13. The first-order chi connectivity index (χ1) is 11.7. The van der Waals surface area contributed by atoms with Crippen LogP contribution in [0.25, 0.3) is 11.5 Å². The number of aromatic nitrogens is 3. The molecule has 0 saturated carbocycles. The molecule has 0 bridgehead atoms. The van der Waals surface area contributed by atoms with E-state index >= 15 is 0 Å². The van der Waals surface area contributed by atoms with Crippen LogP contribution in [0.5, 0.6) is 0 Å². The highest BCUT2D eigenvalue weighted by Crippen LogP contribution is 2.31. The van der Waals surface area contributed by atoms with Gasteiger partial charge in [-0.3, -0.25) is 9.88 Å². The highest BCUT2D eigenvalue weighted by Gasteiger charge is 2.25. The summed E-state index contributed by atoms with van der Waals surface area (Å²) in [6, 6.07) is 8.86. The molecule has 4 rings (SSSR count). The third kappa shape index (κ3) is 2.80. The van der Waals surface area contributed by atoms with Crippen LogP contribution in [0.2, 0.25) is 0 Å². The molecular weight excluding hydrogens is 307 g/mol. The second-order valence-electron chi connectivity index (χ2n) is 5.98. The summed E-state index contributed by atoms with van der Waals surface area (Å²) >= 11 is 0. The number of rotatable bonds is 3. The summed E-state index contributed by atoms with van der Waals surface area (Å²) in [7, 11) is 0. The highest BCUT2D eigenvalue weighted by atomic mass is 19.1. The second-order valence-corrected chi connectivity index (χ2v) is 5.98. The molecular formula is C18H17FN4O. The number of hydrogen-bond donors (Lipinski definition) is 0. The van der Waals surface area contributed by atoms with Crippen LogP contribution in [-0.2, 0) is 13.0 Å². The maximum absolute atomic E-state index is 13.5. The molecule has 3 aromatic rings. The average molecular weight is 324 g/mol. The van der Waals surface area contributed by atoms with Gasteiger partial charge in [0.25, 0.3) is 0 Å². The molecule has 1 aromatic carbocycles. The van der Waals surface area contributed by atoms with Crippen LogP contribution in [0.3, 0.4) is 0 Å². The van der Waals surface area contributed by atoms with Gasteiger partial charge >= 0.3 is 0 Å². The summed E-state index contributed by atoms with van der Waals surface area (Å²) in [4.78, 5) is 6.28. The van der Waals surface area contributed by atoms with E-state index in [-0.39, 0.29) is 11.9 Å². The largest absolute Gasteiger partial charge is 0.419 e. The Morgan fingerprint density at radius 2 is 2.21 bits per heavy atom. The lowest BCUT2D eigenvalue weighted by atomic mass is 9.93. The van der Waals surface area contributed by atoms with Gasteiger partial charge in [-0.1, -0.05) is 6.07 Å². The predicted molar refractivity (Wildman–Crippen MR) is 86.5 cm³/mol. The maximum Gasteiger partial charge on any atom is 0.249 e. The fraction of sp³-hybridized carbons (Fsp3) is 0.278. The summed E-state index contributed by atoms with van der Waals surface area (Å²) in [5.74, 6) is 0.828. The fourth-order valence-electron chi connectivity index (χ4n) is 3.15. The fourth-order valence-corrected chi connectivity index (χ4v) is 3.15. The zero-order valence-electron chi connectivity index (χ0n) is 13.3. The van der Waals surface area contributed by atoms with Gasteiger partial charge < -0.3 is 4.42 Å². The Morgan fingerprint density at radius 1 is 1.29 bits per heavy atom. The molecule has 0 aliphatic carbocycles. The molecule has 24 heavy (non-hydrogen) atoms. The highest BCUT2D eigenvalue weighted by molar-refractivity contribution is 5.49. The summed E-state index contributed by atoms with van der Waals surface area (Å²) in [5, 5.41) is 8.23. The van der Waals surface area contributed by atoms with Crippen molar-refractivity contribution in [3.05, 3.63) is 65.6 Å². The monoisotopic (exact) mass is 324 g/mol. The number of fused-ring (bicyclic) bond motifs is 1. The van der Waals surface area contributed by atoms with Gasteiger partial charge in [0.2, 0.25) is 11.8 Å². The minimum Gasteiger partial charge on any atom is -0.419 e. The zero-order valence-corrected chi connectivity index (χ0v) is 13.3. The number of halogens is 1. The van der Waals surface area contributed by atoms with E-state index in [1.54, 1.807) is 18.5 Å². The Balaban J connectivity index is 1.53. The molecule has 0 amide bonds. The molecule has 0 spiro atoms. The van der Waals surface area contributed by atoms with Gasteiger partial charge in [0.05, 0.1) is 12.1 Å². The van der Waals surface area contributed by atoms with E-state index in [0.29, 0.717) is 18.3 Å². The van der Waals surface area contributed by atoms with Crippen molar-refractivity contribution in [2.24, 2.45) is 0 Å². The number of nitrogens with zero attached hydrogens (tertiary/aromatic N) is 4. The smallest absolute Gasteiger partial charge is 0.249 e. The van der Waals surface area contributed by atoms with Crippen LogP contribution < -0.4 is 0 Å². The van der Waals surface area contributed by atoms with E-state index in [1.165, 1.54) is 11.6 Å². The van der Waals surface area contributed by atoms with E-state index in [1.807, 2.05) is 18.2 Å². The van der Waals surface area contributed by atoms with Crippen LogP contribution >= 0.6 is 0 Å². The number of pyridine rings is 1. The molecule has 0 fully saturated rings. The van der Waals surface area contributed by atoms with Crippen molar-refractivity contribution >= 4 is 0 Å². The van der Waals surface area contributed by atoms with Gasteiger partial charge in [-0.05, 0) is 48.7 Å². The molecule has 0 radical (unpaired) electrons. The van der Waals surface area contributed by atoms with Crippen molar-refractivity contribution in [1.82, 2.24) is 20.1 Å². The van der Waals surface area contributed by atoms with E-state index in [0.717, 1.165) is 24.1 Å². The first kappa shape index (κ1) is 15.0. The van der Waals surface area contributed by atoms with Gasteiger partial charge in [-0.15, -0.1) is 10.2 Å². The topological polar surface area (TPSA) is 55.1 Å². The third-order valence-electron chi connectivity index (χ3n) is 4.49. The van der Waals surface area contributed by atoms with Crippen LogP contribution in [-0.4, -0.2) is 26.6 Å². The van der Waals surface area contributed by atoms with Crippen LogP contribution in [0.15, 0.2) is 47.1 Å². The van der Waals surface area contributed by atoms with Crippen molar-refractivity contribution in [2.45, 2.75) is 25.9 Å². The lowest BCUT2D eigenvalue weighted by Crippen LogP contribution is -2.33. The SMILES string of the molecule is C[C@@H]1c2cc(F)ccc2CCN1Cc1nnc(-c2cccnc2)o1. The van der Waals surface area contributed by atoms with Crippen molar-refractivity contribution in [2.75, 3.05) is 6.54 Å². The van der Waals surface area contributed by atoms with Gasteiger partial charge in [0.15, 0.2) is 0 Å². The number of hydrogen-bond acceptors (Lipinski definition) is 5. The molecule has 6 heteroatoms. The average Bonchev–Trinajstić information content (AvgIpc) is 3.07. The normalized spacial score (nSPS) is 17.7. The molecule has 5 nitrogen and oxygen atoms in total. The minimum atomic E-state index is -0.195. The molecule has 122 valence electrons. The third-order valence-corrected chi connectivity index (χ3v) is 4.49. The Labute approximate surface area is 139 Å². The van der Waals surface area contributed by atoms with Crippen molar-refractivity contribution in [3.8, 4) is 11.5 Å². The lowest BCUT2D eigenvalue weighted by molar-refractivity contribution is 0.172. The van der Waals surface area contributed by atoms with E-state index in [9.17, 15) is 4.39 Å². The molecule has 0 saturated heterocycles. The van der Waals surface area contributed by atoms with Crippen LogP contribution in [0, 0.1) is 5.82 Å². The molecule has 3 heterocycles. The van der Waals surface area contributed by atoms with Crippen LogP contribution in [0.4, 0.5) is 4.39 Å². The van der Waals surface area contributed by atoms with Crippen molar-refractivity contribution < 1.29 is 8.81 Å². The van der Waals surface area contributed by atoms with E-state index in [4.69, 9.17) is 4.42 Å². The first-order valence-electron chi connectivity index (χ1n) is 7.96. The maximum atomic E-state index is 13.5. The van der Waals surface area contributed by atoms with Crippen molar-refractivity contribution in [3.63, 3.8) is 0 Å². The van der Waals surface area contributed by atoms with Gasteiger partial charge in [0.1, 0.15) is 5.82 Å². The summed E-state index contributed by atoms with van der Waals surface area (Å²) in [5.41, 5.74) is 3.05. The summed E-state index contributed by atoms with van der Waals surface area (Å²) < 4.78 is 19.3. The van der Waals surface area contributed by atoms with Gasteiger partial charge in [-0.2, -0.15) is 0 Å². The zero-order chi connectivity index (χ0) is 16.5. The van der Waals surface area contributed by atoms with Crippen LogP contribution in [0.1, 0.15) is 30.0 Å². The predicted octanol–water partition coefficient (Wildman–Crippen LogP) is 3.39. The first-order valence-corrected chi connectivity index (χ1v) is 7.96. The number of benzene rings is 1. The Morgan fingerprint density at radius 3 is 3.04 bits per heavy atom. The summed E-state index contributed by atoms with van der Waals surface area (Å²) in [6.07, 6.45) is 4.29. The molecule has 1 atom stereocenters. The summed E-state index contributed by atoms with van der Waals surface area (Å²) in [6.45, 7) is 3.50. The minimum absolute atomic E-state index is 0.109. The van der Waals surface area contributed by atoms with E-state index < -0.39 is 0 Å². The molecule has 1 aliphatic rings. The van der Waals surface area contributed by atoms with E-state index in [2.05, 4.69) is 27.0 Å². The molecule has 0 N–H and O–H groups in total. The molecule has 2 aromatic heterocycles. The standard InChI is InChI=1S/C18H17FN4O/c1-12-16-9-15(19)5-4-13(16)6-8-23(12)11-17-21-22-18(24-17)14-3-2-7-20-10-14/h2-5,7,9-10,12H,6,8,11H2,1H3/t12-/m1/s1. The van der Waals surface area contributed by atoms with Gasteiger partial charge in [0, 0.05) is 25.0 Å². The Kier molecular flexibility index (Phi) is 3.82.